The number of aromatic hydroxyl groups is 2. The minimum absolute atomic E-state index is 0.0834. The van der Waals surface area contributed by atoms with Crippen molar-refractivity contribution >= 4 is 40.5 Å². The third kappa shape index (κ3) is 5.85. The van der Waals surface area contributed by atoms with Crippen LogP contribution in [0.5, 0.6) is 11.6 Å². The van der Waals surface area contributed by atoms with Crippen LogP contribution in [0.3, 0.4) is 0 Å². The zero-order valence-electron chi connectivity index (χ0n) is 20.4. The number of phenolic OH excluding ortho intramolecular Hbond substituents is 1. The van der Waals surface area contributed by atoms with Crippen molar-refractivity contribution in [2.24, 2.45) is 5.10 Å². The van der Waals surface area contributed by atoms with Crippen LogP contribution < -0.4 is 10.7 Å². The van der Waals surface area contributed by atoms with Crippen molar-refractivity contribution in [3.63, 3.8) is 0 Å². The summed E-state index contributed by atoms with van der Waals surface area (Å²) in [5, 5.41) is 28.6. The minimum Gasteiger partial charge on any atom is -0.506 e. The molecule has 192 valence electrons. The average Bonchev–Trinajstić information content (AvgIpc) is 3.33. The number of phenols is 1. The Balaban J connectivity index is 1.27. The first-order chi connectivity index (χ1) is 19.0. The number of hydrazone groups is 1. The Morgan fingerprint density at radius 3 is 2.56 bits per heavy atom. The molecule has 0 aliphatic heterocycles. The number of halogens is 1. The predicted octanol–water partition coefficient (Wildman–Crippen LogP) is 5.79. The molecular weight excluding hydrogens is 516 g/mol. The van der Waals surface area contributed by atoms with E-state index in [1.807, 2.05) is 66.7 Å². The number of aromatic nitrogens is 1. The number of nitrogens with one attached hydrogen (secondary N) is 2. The van der Waals surface area contributed by atoms with Gasteiger partial charge in [0.25, 0.3) is 17.8 Å². The van der Waals surface area contributed by atoms with E-state index in [1.54, 1.807) is 6.21 Å². The molecule has 8 nitrogen and oxygen atoms in total. The van der Waals surface area contributed by atoms with Crippen molar-refractivity contribution in [1.82, 2.24) is 10.4 Å². The fourth-order valence-corrected chi connectivity index (χ4v) is 4.02. The van der Waals surface area contributed by atoms with Gasteiger partial charge in [-0.1, -0.05) is 84.1 Å². The molecule has 0 unspecified atom stereocenters. The number of hydrogen-bond acceptors (Lipinski definition) is 7. The molecule has 39 heavy (non-hydrogen) atoms. The molecular formula is C30H21ClN4O4. The average molecular weight is 537 g/mol. The number of fused-ring (bicyclic) bond motifs is 1. The Morgan fingerprint density at radius 2 is 1.77 bits per heavy atom. The number of anilines is 1. The van der Waals surface area contributed by atoms with Crippen LogP contribution in [0.1, 0.15) is 21.5 Å². The van der Waals surface area contributed by atoms with E-state index < -0.39 is 5.91 Å². The fourth-order valence-electron chi connectivity index (χ4n) is 3.84. The van der Waals surface area contributed by atoms with Crippen molar-refractivity contribution in [2.45, 2.75) is 0 Å². The molecule has 0 radical (unpaired) electrons. The highest BCUT2D eigenvalue weighted by molar-refractivity contribution is 6.32. The van der Waals surface area contributed by atoms with Gasteiger partial charge in [-0.2, -0.15) is 10.1 Å². The maximum atomic E-state index is 12.3. The summed E-state index contributed by atoms with van der Waals surface area (Å²) in [6.45, 7) is 0.249. The first-order valence-corrected chi connectivity index (χ1v) is 12.2. The molecule has 0 atom stereocenters. The summed E-state index contributed by atoms with van der Waals surface area (Å²) in [6.07, 6.45) is 1.56. The van der Waals surface area contributed by atoms with Gasteiger partial charge < -0.3 is 19.9 Å². The highest BCUT2D eigenvalue weighted by Gasteiger charge is 2.13. The molecule has 1 aromatic heterocycles. The molecule has 0 aliphatic rings. The van der Waals surface area contributed by atoms with Gasteiger partial charge in [-0.15, -0.1) is 0 Å². The Kier molecular flexibility index (Phi) is 7.44. The number of nitrogens with zero attached hydrogens (tertiary/aromatic N) is 2. The van der Waals surface area contributed by atoms with Gasteiger partial charge in [0.2, 0.25) is 0 Å². The van der Waals surface area contributed by atoms with Gasteiger partial charge in [0.1, 0.15) is 5.75 Å². The number of benzene rings is 4. The van der Waals surface area contributed by atoms with Gasteiger partial charge in [-0.25, -0.2) is 5.43 Å². The van der Waals surface area contributed by atoms with Gasteiger partial charge in [0.15, 0.2) is 5.76 Å². The van der Waals surface area contributed by atoms with E-state index in [1.165, 1.54) is 18.2 Å². The van der Waals surface area contributed by atoms with Crippen molar-refractivity contribution in [1.29, 1.82) is 0 Å². The molecule has 1 amide bonds. The lowest BCUT2D eigenvalue weighted by molar-refractivity contribution is 0.0955. The normalized spacial score (nSPS) is 10.8. The van der Waals surface area contributed by atoms with Gasteiger partial charge in [0.05, 0.1) is 17.8 Å². The van der Waals surface area contributed by atoms with Crippen molar-refractivity contribution in [3.05, 3.63) is 107 Å². The van der Waals surface area contributed by atoms with Crippen molar-refractivity contribution in [2.75, 3.05) is 11.9 Å². The van der Waals surface area contributed by atoms with Crippen LogP contribution in [-0.2, 0) is 0 Å². The van der Waals surface area contributed by atoms with Crippen LogP contribution in [0.2, 0.25) is 5.02 Å². The number of amides is 1. The molecule has 5 rings (SSSR count). The van der Waals surface area contributed by atoms with Gasteiger partial charge in [-0.05, 0) is 35.0 Å². The number of oxazole rings is 1. The summed E-state index contributed by atoms with van der Waals surface area (Å²) in [4.78, 5) is 16.4. The Labute approximate surface area is 228 Å². The summed E-state index contributed by atoms with van der Waals surface area (Å²) < 4.78 is 5.63. The summed E-state index contributed by atoms with van der Waals surface area (Å²) in [6, 6.07) is 25.0. The first-order valence-electron chi connectivity index (χ1n) is 11.8. The summed E-state index contributed by atoms with van der Waals surface area (Å²) in [7, 11) is 0. The second-order valence-electron chi connectivity index (χ2n) is 8.31. The molecule has 4 aromatic carbocycles. The number of carbonyl (C=O) groups is 1. The number of carbonyl (C=O) groups excluding carboxylic acids is 1. The first kappa shape index (κ1) is 25.4. The topological polar surface area (TPSA) is 120 Å². The van der Waals surface area contributed by atoms with Crippen LogP contribution in [0.4, 0.5) is 6.01 Å². The van der Waals surface area contributed by atoms with Crippen LogP contribution in [0.15, 0.2) is 94.4 Å². The molecule has 4 N–H and O–H groups in total. The maximum absolute atomic E-state index is 12.3. The van der Waals surface area contributed by atoms with Crippen molar-refractivity contribution in [3.8, 4) is 34.8 Å². The quantitative estimate of drug-likeness (QED) is 0.124. The standard InChI is InChI=1S/C30H21ClN4O4/c31-25-17-21(14-15-26(25)36)28(37)35-33-18-22-13-12-19(23-10-4-5-11-24(22)23)9-6-16-32-30-34-29(38)27(39-30)20-7-2-1-3-8-20/h1-5,7-8,10-15,17-18,36,38H,16H2,(H,32,34)(H,35,37). The third-order valence-electron chi connectivity index (χ3n) is 5.73. The predicted molar refractivity (Wildman–Crippen MR) is 151 cm³/mol. The van der Waals surface area contributed by atoms with E-state index in [2.05, 4.69) is 32.7 Å². The zero-order valence-corrected chi connectivity index (χ0v) is 21.1. The maximum Gasteiger partial charge on any atom is 0.299 e. The zero-order chi connectivity index (χ0) is 27.2. The van der Waals surface area contributed by atoms with Gasteiger partial charge in [-0.3, -0.25) is 4.79 Å². The van der Waals surface area contributed by atoms with Crippen LogP contribution in [0, 0.1) is 11.8 Å². The lowest BCUT2D eigenvalue weighted by Gasteiger charge is -2.05. The second-order valence-corrected chi connectivity index (χ2v) is 8.71. The summed E-state index contributed by atoms with van der Waals surface area (Å²) in [5.74, 6) is 5.75. The largest absolute Gasteiger partial charge is 0.506 e. The minimum atomic E-state index is -0.456. The third-order valence-corrected chi connectivity index (χ3v) is 6.04. The second kappa shape index (κ2) is 11.4. The smallest absolute Gasteiger partial charge is 0.299 e. The fraction of sp³-hybridized carbons (Fsp3) is 0.0333. The molecule has 0 bridgehead atoms. The Bertz CT molecular complexity index is 1750. The Hall–Kier alpha value is -5.26. The molecule has 5 aromatic rings. The van der Waals surface area contributed by atoms with Crippen molar-refractivity contribution < 1.29 is 19.4 Å². The molecule has 9 heteroatoms. The molecule has 0 saturated heterocycles. The lowest BCUT2D eigenvalue weighted by atomic mass is 10.0. The SMILES string of the molecule is O=C(NN=Cc1ccc(C#CCNc2nc(O)c(-c3ccccc3)o2)c2ccccc12)c1ccc(O)c(Cl)c1. The van der Waals surface area contributed by atoms with E-state index in [-0.39, 0.29) is 40.5 Å². The number of rotatable bonds is 6. The monoisotopic (exact) mass is 536 g/mol. The highest BCUT2D eigenvalue weighted by Crippen LogP contribution is 2.31. The summed E-state index contributed by atoms with van der Waals surface area (Å²) >= 11 is 5.87. The van der Waals surface area contributed by atoms with Crippen LogP contribution in [-0.4, -0.2) is 33.9 Å². The summed E-state index contributed by atoms with van der Waals surface area (Å²) in [5.41, 5.74) is 5.07. The Morgan fingerprint density at radius 1 is 1.00 bits per heavy atom. The van der Waals surface area contributed by atoms with Gasteiger partial charge in [0, 0.05) is 22.3 Å². The van der Waals surface area contributed by atoms with E-state index in [4.69, 9.17) is 16.0 Å². The van der Waals surface area contributed by atoms with E-state index in [0.717, 1.165) is 27.5 Å². The highest BCUT2D eigenvalue weighted by atomic mass is 35.5. The van der Waals surface area contributed by atoms with E-state index >= 15 is 0 Å². The molecule has 0 spiro atoms. The van der Waals surface area contributed by atoms with Gasteiger partial charge >= 0.3 is 0 Å². The van der Waals surface area contributed by atoms with E-state index in [0.29, 0.717) is 0 Å². The molecule has 0 fully saturated rings. The number of hydrogen-bond donors (Lipinski definition) is 4. The van der Waals surface area contributed by atoms with Crippen LogP contribution in [0.25, 0.3) is 22.1 Å². The lowest BCUT2D eigenvalue weighted by Crippen LogP contribution is -2.17. The molecule has 1 heterocycles. The molecule has 0 saturated carbocycles. The molecule has 0 aliphatic carbocycles. The van der Waals surface area contributed by atoms with E-state index in [9.17, 15) is 15.0 Å². The van der Waals surface area contributed by atoms with Crippen LogP contribution >= 0.6 is 11.6 Å².